The lowest BCUT2D eigenvalue weighted by molar-refractivity contribution is -0.139. The minimum absolute atomic E-state index is 0.381. The van der Waals surface area contributed by atoms with Gasteiger partial charge in [-0.05, 0) is 24.6 Å². The van der Waals surface area contributed by atoms with Crippen LogP contribution in [0, 0.1) is 0 Å². The minimum atomic E-state index is -1.03. The van der Waals surface area contributed by atoms with Crippen LogP contribution in [0.2, 0.25) is 0 Å². The van der Waals surface area contributed by atoms with Crippen molar-refractivity contribution in [2.24, 2.45) is 0 Å². The van der Waals surface area contributed by atoms with Gasteiger partial charge in [0.15, 0.2) is 0 Å². The Morgan fingerprint density at radius 3 is 2.73 bits per heavy atom. The van der Waals surface area contributed by atoms with Gasteiger partial charge in [0.2, 0.25) is 0 Å². The molecule has 0 spiro atoms. The van der Waals surface area contributed by atoms with Gasteiger partial charge in [0.25, 0.3) is 5.91 Å². The normalized spacial score (nSPS) is 11.7. The molecule has 0 aliphatic rings. The van der Waals surface area contributed by atoms with Gasteiger partial charge in [-0.15, -0.1) is 0 Å². The summed E-state index contributed by atoms with van der Waals surface area (Å²) in [7, 11) is 1.63. The summed E-state index contributed by atoms with van der Waals surface area (Å²) >= 11 is 0. The number of aliphatic carboxylic acids is 1. The van der Waals surface area contributed by atoms with E-state index in [-0.39, 0.29) is 0 Å². The number of amides is 1. The van der Waals surface area contributed by atoms with Crippen LogP contribution < -0.4 is 10.1 Å². The smallest absolute Gasteiger partial charge is 0.326 e. The average Bonchev–Trinajstić information content (AvgIpc) is 2.51. The number of methoxy groups -OCH3 is 1. The van der Waals surface area contributed by atoms with Crippen LogP contribution in [0.3, 0.4) is 0 Å². The summed E-state index contributed by atoms with van der Waals surface area (Å²) in [5, 5.41) is 11.6. The molecule has 0 aliphatic heterocycles. The lowest BCUT2D eigenvalue weighted by Gasteiger charge is -2.14. The quantitative estimate of drug-likeness (QED) is 0.646. The summed E-state index contributed by atoms with van der Waals surface area (Å²) in [5.74, 6) is -0.864. The molecule has 1 aromatic carbocycles. The van der Waals surface area contributed by atoms with Crippen LogP contribution in [0.5, 0.6) is 5.75 Å². The van der Waals surface area contributed by atoms with E-state index in [1.54, 1.807) is 31.4 Å². The second kappa shape index (κ2) is 9.78. The SMILES string of the molecule is CCCC(NC(=O)c1cccc(OCCCOC)c1)C(=O)O. The lowest BCUT2D eigenvalue weighted by Crippen LogP contribution is -2.40. The van der Waals surface area contributed by atoms with Crippen molar-refractivity contribution < 1.29 is 24.2 Å². The van der Waals surface area contributed by atoms with E-state index >= 15 is 0 Å². The van der Waals surface area contributed by atoms with Crippen molar-refractivity contribution >= 4 is 11.9 Å². The Morgan fingerprint density at radius 1 is 1.32 bits per heavy atom. The lowest BCUT2D eigenvalue weighted by atomic mass is 10.1. The van der Waals surface area contributed by atoms with Gasteiger partial charge in [-0.25, -0.2) is 4.79 Å². The molecule has 1 rings (SSSR count). The number of nitrogens with one attached hydrogen (secondary N) is 1. The molecule has 0 saturated carbocycles. The number of carbonyl (C=O) groups is 2. The van der Waals surface area contributed by atoms with Crippen molar-refractivity contribution in [1.29, 1.82) is 0 Å². The maximum Gasteiger partial charge on any atom is 0.326 e. The number of carbonyl (C=O) groups excluding carboxylic acids is 1. The number of ether oxygens (including phenoxy) is 2. The molecule has 0 bridgehead atoms. The molecule has 0 aliphatic carbocycles. The van der Waals surface area contributed by atoms with Crippen LogP contribution in [0.25, 0.3) is 0 Å². The zero-order valence-electron chi connectivity index (χ0n) is 13.0. The number of rotatable bonds is 10. The molecular formula is C16H23NO5. The van der Waals surface area contributed by atoms with Crippen LogP contribution in [-0.2, 0) is 9.53 Å². The molecule has 1 amide bonds. The van der Waals surface area contributed by atoms with Crippen LogP contribution >= 0.6 is 0 Å². The molecule has 0 saturated heterocycles. The molecule has 0 fully saturated rings. The van der Waals surface area contributed by atoms with E-state index in [9.17, 15) is 9.59 Å². The molecule has 22 heavy (non-hydrogen) atoms. The van der Waals surface area contributed by atoms with Gasteiger partial charge < -0.3 is 19.9 Å². The summed E-state index contributed by atoms with van der Waals surface area (Å²) in [6.07, 6.45) is 1.83. The fraction of sp³-hybridized carbons (Fsp3) is 0.500. The molecule has 0 radical (unpaired) electrons. The standard InChI is InChI=1S/C16H23NO5/c1-3-6-14(16(19)20)17-15(18)12-7-4-8-13(11-12)22-10-5-9-21-2/h4,7-8,11,14H,3,5-6,9-10H2,1-2H3,(H,17,18)(H,19,20). The molecule has 1 unspecified atom stereocenters. The van der Waals surface area contributed by atoms with E-state index in [4.69, 9.17) is 14.6 Å². The number of hydrogen-bond acceptors (Lipinski definition) is 4. The Kier molecular flexibility index (Phi) is 7.99. The first-order chi connectivity index (χ1) is 10.6. The number of hydrogen-bond donors (Lipinski definition) is 2. The summed E-state index contributed by atoms with van der Waals surface area (Å²) < 4.78 is 10.5. The third-order valence-electron chi connectivity index (χ3n) is 3.04. The summed E-state index contributed by atoms with van der Waals surface area (Å²) in [6, 6.07) is 5.82. The van der Waals surface area contributed by atoms with Crippen LogP contribution in [0.15, 0.2) is 24.3 Å². The molecular weight excluding hydrogens is 286 g/mol. The number of carboxylic acids is 1. The van der Waals surface area contributed by atoms with E-state index in [1.807, 2.05) is 6.92 Å². The molecule has 0 heterocycles. The van der Waals surface area contributed by atoms with Crippen molar-refractivity contribution in [1.82, 2.24) is 5.32 Å². The predicted molar refractivity (Wildman–Crippen MR) is 82.2 cm³/mol. The molecule has 122 valence electrons. The Balaban J connectivity index is 2.63. The Morgan fingerprint density at radius 2 is 2.09 bits per heavy atom. The van der Waals surface area contributed by atoms with E-state index < -0.39 is 17.9 Å². The number of benzene rings is 1. The molecule has 6 heteroatoms. The van der Waals surface area contributed by atoms with Crippen molar-refractivity contribution in [3.05, 3.63) is 29.8 Å². The fourth-order valence-electron chi connectivity index (χ4n) is 1.91. The minimum Gasteiger partial charge on any atom is -0.493 e. The van der Waals surface area contributed by atoms with E-state index in [0.717, 1.165) is 6.42 Å². The first-order valence-corrected chi connectivity index (χ1v) is 7.34. The average molecular weight is 309 g/mol. The van der Waals surface area contributed by atoms with Gasteiger partial charge >= 0.3 is 5.97 Å². The van der Waals surface area contributed by atoms with Gasteiger partial charge in [0, 0.05) is 25.7 Å². The summed E-state index contributed by atoms with van der Waals surface area (Å²) in [4.78, 5) is 23.2. The zero-order valence-corrected chi connectivity index (χ0v) is 13.0. The Bertz CT molecular complexity index is 489. The van der Waals surface area contributed by atoms with Crippen LogP contribution in [-0.4, -0.2) is 43.3 Å². The third-order valence-corrected chi connectivity index (χ3v) is 3.04. The van der Waals surface area contributed by atoms with Gasteiger partial charge in [-0.2, -0.15) is 0 Å². The fourth-order valence-corrected chi connectivity index (χ4v) is 1.91. The zero-order chi connectivity index (χ0) is 16.4. The maximum atomic E-state index is 12.1. The topological polar surface area (TPSA) is 84.9 Å². The van der Waals surface area contributed by atoms with Crippen LogP contribution in [0.4, 0.5) is 0 Å². The maximum absolute atomic E-state index is 12.1. The molecule has 2 N–H and O–H groups in total. The molecule has 1 atom stereocenters. The van der Waals surface area contributed by atoms with E-state index in [2.05, 4.69) is 5.32 Å². The van der Waals surface area contributed by atoms with Gasteiger partial charge in [0.1, 0.15) is 11.8 Å². The molecule has 0 aromatic heterocycles. The van der Waals surface area contributed by atoms with Crippen molar-refractivity contribution in [2.75, 3.05) is 20.3 Å². The third kappa shape index (κ3) is 6.13. The monoisotopic (exact) mass is 309 g/mol. The molecule has 6 nitrogen and oxygen atoms in total. The van der Waals surface area contributed by atoms with Gasteiger partial charge in [-0.3, -0.25) is 4.79 Å². The largest absolute Gasteiger partial charge is 0.493 e. The second-order valence-electron chi connectivity index (χ2n) is 4.88. The number of carboxylic acid groups (broad SMARTS) is 1. The Hall–Kier alpha value is -2.08. The van der Waals surface area contributed by atoms with Gasteiger partial charge in [-0.1, -0.05) is 19.4 Å². The highest BCUT2D eigenvalue weighted by molar-refractivity contribution is 5.96. The van der Waals surface area contributed by atoms with E-state index in [0.29, 0.717) is 37.4 Å². The molecule has 1 aromatic rings. The van der Waals surface area contributed by atoms with Crippen LogP contribution in [0.1, 0.15) is 36.5 Å². The van der Waals surface area contributed by atoms with Gasteiger partial charge in [0.05, 0.1) is 6.61 Å². The predicted octanol–water partition coefficient (Wildman–Crippen LogP) is 2.08. The first-order valence-electron chi connectivity index (χ1n) is 7.34. The highest BCUT2D eigenvalue weighted by Crippen LogP contribution is 2.14. The first kappa shape index (κ1) is 18.0. The summed E-state index contributed by atoms with van der Waals surface area (Å²) in [5.41, 5.74) is 0.381. The van der Waals surface area contributed by atoms with Crippen molar-refractivity contribution in [2.45, 2.75) is 32.2 Å². The van der Waals surface area contributed by atoms with Crippen molar-refractivity contribution in [3.8, 4) is 5.75 Å². The van der Waals surface area contributed by atoms with E-state index in [1.165, 1.54) is 0 Å². The highest BCUT2D eigenvalue weighted by atomic mass is 16.5. The highest BCUT2D eigenvalue weighted by Gasteiger charge is 2.19. The summed E-state index contributed by atoms with van der Waals surface area (Å²) in [6.45, 7) is 2.97. The second-order valence-corrected chi connectivity index (χ2v) is 4.88. The van der Waals surface area contributed by atoms with Crippen molar-refractivity contribution in [3.63, 3.8) is 0 Å². The Labute approximate surface area is 130 Å².